The number of carbonyl (C=O) groups is 1. The number of nitrogens with one attached hydrogen (secondary N) is 2. The van der Waals surface area contributed by atoms with Gasteiger partial charge in [-0.2, -0.15) is 0 Å². The summed E-state index contributed by atoms with van der Waals surface area (Å²) in [5.74, 6) is 0. The molecule has 1 aromatic heterocycles. The molecule has 4 aromatic rings. The van der Waals surface area contributed by atoms with E-state index in [2.05, 4.69) is 47.2 Å². The summed E-state index contributed by atoms with van der Waals surface area (Å²) >= 11 is 1.64. The van der Waals surface area contributed by atoms with Gasteiger partial charge in [0.25, 0.3) is 0 Å². The van der Waals surface area contributed by atoms with Crippen molar-refractivity contribution in [2.24, 2.45) is 0 Å². The summed E-state index contributed by atoms with van der Waals surface area (Å²) in [6, 6.07) is 25.7. The SMILES string of the molecule is Cc1ccc(-c2csc(-c3ccc(CNC(=O)Nc4ccccc4)cc3)n2)cc1. The summed E-state index contributed by atoms with van der Waals surface area (Å²) in [7, 11) is 0. The van der Waals surface area contributed by atoms with Crippen molar-refractivity contribution in [3.05, 3.63) is 95.4 Å². The van der Waals surface area contributed by atoms with E-state index < -0.39 is 0 Å². The van der Waals surface area contributed by atoms with E-state index in [9.17, 15) is 4.79 Å². The number of thiazole rings is 1. The lowest BCUT2D eigenvalue weighted by Gasteiger charge is -2.08. The van der Waals surface area contributed by atoms with Crippen molar-refractivity contribution in [2.45, 2.75) is 13.5 Å². The molecule has 0 aliphatic rings. The zero-order valence-corrected chi connectivity index (χ0v) is 16.9. The van der Waals surface area contributed by atoms with Gasteiger partial charge in [-0.25, -0.2) is 9.78 Å². The van der Waals surface area contributed by atoms with Crippen LogP contribution in [-0.2, 0) is 6.54 Å². The second-order valence-corrected chi connectivity index (χ2v) is 7.63. The molecule has 5 heteroatoms. The summed E-state index contributed by atoms with van der Waals surface area (Å²) in [6.45, 7) is 2.55. The Hall–Kier alpha value is -3.44. The van der Waals surface area contributed by atoms with E-state index in [1.54, 1.807) is 11.3 Å². The Morgan fingerprint density at radius 3 is 2.31 bits per heavy atom. The molecule has 1 heterocycles. The molecule has 0 aliphatic carbocycles. The molecule has 29 heavy (non-hydrogen) atoms. The largest absolute Gasteiger partial charge is 0.334 e. The Bertz CT molecular complexity index is 1090. The molecule has 4 rings (SSSR count). The van der Waals surface area contributed by atoms with Crippen LogP contribution in [0.2, 0.25) is 0 Å². The molecule has 0 unspecified atom stereocenters. The van der Waals surface area contributed by atoms with Crippen LogP contribution < -0.4 is 10.6 Å². The van der Waals surface area contributed by atoms with Gasteiger partial charge < -0.3 is 10.6 Å². The summed E-state index contributed by atoms with van der Waals surface area (Å²) in [4.78, 5) is 16.8. The fraction of sp³-hybridized carbons (Fsp3) is 0.0833. The number of amides is 2. The van der Waals surface area contributed by atoms with Gasteiger partial charge in [-0.1, -0.05) is 72.3 Å². The van der Waals surface area contributed by atoms with E-state index in [1.807, 2.05) is 54.6 Å². The van der Waals surface area contributed by atoms with Gasteiger partial charge >= 0.3 is 6.03 Å². The summed E-state index contributed by atoms with van der Waals surface area (Å²) < 4.78 is 0. The number of hydrogen-bond donors (Lipinski definition) is 2. The van der Waals surface area contributed by atoms with Crippen LogP contribution in [-0.4, -0.2) is 11.0 Å². The van der Waals surface area contributed by atoms with Crippen molar-refractivity contribution in [3.8, 4) is 21.8 Å². The Morgan fingerprint density at radius 1 is 0.897 bits per heavy atom. The molecule has 0 aliphatic heterocycles. The van der Waals surface area contributed by atoms with Gasteiger partial charge in [-0.05, 0) is 24.6 Å². The summed E-state index contributed by atoms with van der Waals surface area (Å²) in [5.41, 5.74) is 6.24. The van der Waals surface area contributed by atoms with Gasteiger partial charge in [-0.15, -0.1) is 11.3 Å². The predicted molar refractivity (Wildman–Crippen MR) is 120 cm³/mol. The number of anilines is 1. The molecule has 0 spiro atoms. The highest BCUT2D eigenvalue weighted by Gasteiger charge is 2.07. The molecule has 2 amide bonds. The highest BCUT2D eigenvalue weighted by atomic mass is 32.1. The number of hydrogen-bond acceptors (Lipinski definition) is 3. The predicted octanol–water partition coefficient (Wildman–Crippen LogP) is 6.11. The number of nitrogens with zero attached hydrogens (tertiary/aromatic N) is 1. The average Bonchev–Trinajstić information content (AvgIpc) is 3.24. The van der Waals surface area contributed by atoms with Crippen LogP contribution >= 0.6 is 11.3 Å². The third kappa shape index (κ3) is 4.89. The quantitative estimate of drug-likeness (QED) is 0.425. The Morgan fingerprint density at radius 2 is 1.59 bits per heavy atom. The van der Waals surface area contributed by atoms with E-state index in [4.69, 9.17) is 4.98 Å². The molecule has 3 aromatic carbocycles. The normalized spacial score (nSPS) is 10.5. The monoisotopic (exact) mass is 399 g/mol. The number of benzene rings is 3. The van der Waals surface area contributed by atoms with Crippen molar-refractivity contribution in [3.63, 3.8) is 0 Å². The van der Waals surface area contributed by atoms with Gasteiger partial charge in [0.05, 0.1) is 5.69 Å². The van der Waals surface area contributed by atoms with E-state index in [0.29, 0.717) is 6.54 Å². The number of carbonyl (C=O) groups excluding carboxylic acids is 1. The first-order chi connectivity index (χ1) is 14.2. The first-order valence-corrected chi connectivity index (χ1v) is 10.3. The minimum Gasteiger partial charge on any atom is -0.334 e. The number of aromatic nitrogens is 1. The second kappa shape index (κ2) is 8.71. The molecular weight excluding hydrogens is 378 g/mol. The molecule has 0 saturated heterocycles. The molecule has 0 bridgehead atoms. The molecule has 0 saturated carbocycles. The van der Waals surface area contributed by atoms with E-state index in [-0.39, 0.29) is 6.03 Å². The molecule has 0 fully saturated rings. The topological polar surface area (TPSA) is 54.0 Å². The van der Waals surface area contributed by atoms with Crippen LogP contribution in [0.4, 0.5) is 10.5 Å². The first kappa shape index (κ1) is 18.9. The van der Waals surface area contributed by atoms with Gasteiger partial charge in [0, 0.05) is 28.7 Å². The molecular formula is C24H21N3OS. The zero-order valence-electron chi connectivity index (χ0n) is 16.1. The van der Waals surface area contributed by atoms with Crippen molar-refractivity contribution in [1.29, 1.82) is 0 Å². The Kier molecular flexibility index (Phi) is 5.68. The van der Waals surface area contributed by atoms with E-state index in [1.165, 1.54) is 5.56 Å². The maximum atomic E-state index is 12.0. The lowest BCUT2D eigenvalue weighted by atomic mass is 10.1. The van der Waals surface area contributed by atoms with Gasteiger partial charge in [-0.3, -0.25) is 0 Å². The highest BCUT2D eigenvalue weighted by molar-refractivity contribution is 7.13. The number of urea groups is 1. The van der Waals surface area contributed by atoms with Crippen LogP contribution in [0.15, 0.2) is 84.2 Å². The second-order valence-electron chi connectivity index (χ2n) is 6.77. The lowest BCUT2D eigenvalue weighted by molar-refractivity contribution is 0.251. The molecule has 144 valence electrons. The van der Waals surface area contributed by atoms with E-state index >= 15 is 0 Å². The maximum Gasteiger partial charge on any atom is 0.319 e. The Labute approximate surface area is 174 Å². The highest BCUT2D eigenvalue weighted by Crippen LogP contribution is 2.29. The third-order valence-electron chi connectivity index (χ3n) is 4.54. The fourth-order valence-electron chi connectivity index (χ4n) is 2.91. The van der Waals surface area contributed by atoms with E-state index in [0.717, 1.165) is 33.1 Å². The molecule has 4 nitrogen and oxygen atoms in total. The van der Waals surface area contributed by atoms with Crippen molar-refractivity contribution in [2.75, 3.05) is 5.32 Å². The molecule has 0 atom stereocenters. The first-order valence-electron chi connectivity index (χ1n) is 9.39. The zero-order chi connectivity index (χ0) is 20.1. The Balaban J connectivity index is 1.37. The third-order valence-corrected chi connectivity index (χ3v) is 5.43. The number of rotatable bonds is 5. The van der Waals surface area contributed by atoms with Gasteiger partial charge in [0.15, 0.2) is 0 Å². The summed E-state index contributed by atoms with van der Waals surface area (Å²) in [5, 5.41) is 8.76. The smallest absolute Gasteiger partial charge is 0.319 e. The van der Waals surface area contributed by atoms with Crippen LogP contribution in [0, 0.1) is 6.92 Å². The maximum absolute atomic E-state index is 12.0. The van der Waals surface area contributed by atoms with Crippen molar-refractivity contribution in [1.82, 2.24) is 10.3 Å². The lowest BCUT2D eigenvalue weighted by Crippen LogP contribution is -2.28. The van der Waals surface area contributed by atoms with Crippen LogP contribution in [0.5, 0.6) is 0 Å². The van der Waals surface area contributed by atoms with Crippen LogP contribution in [0.3, 0.4) is 0 Å². The average molecular weight is 400 g/mol. The van der Waals surface area contributed by atoms with Crippen molar-refractivity contribution >= 4 is 23.1 Å². The summed E-state index contributed by atoms with van der Waals surface area (Å²) in [6.07, 6.45) is 0. The van der Waals surface area contributed by atoms with Gasteiger partial charge in [0.2, 0.25) is 0 Å². The minimum atomic E-state index is -0.220. The fourth-order valence-corrected chi connectivity index (χ4v) is 3.74. The van der Waals surface area contributed by atoms with Gasteiger partial charge in [0.1, 0.15) is 5.01 Å². The van der Waals surface area contributed by atoms with Crippen molar-refractivity contribution < 1.29 is 4.79 Å². The standard InChI is InChI=1S/C24H21N3OS/c1-17-7-11-19(12-8-17)22-16-29-23(27-22)20-13-9-18(10-14-20)15-25-24(28)26-21-5-3-2-4-6-21/h2-14,16H,15H2,1H3,(H2,25,26,28). The number of aryl methyl sites for hydroxylation is 1. The minimum absolute atomic E-state index is 0.220. The molecule has 2 N–H and O–H groups in total. The van der Waals surface area contributed by atoms with Crippen LogP contribution in [0.25, 0.3) is 21.8 Å². The van der Waals surface area contributed by atoms with Crippen LogP contribution in [0.1, 0.15) is 11.1 Å². The molecule has 0 radical (unpaired) electrons. The number of para-hydroxylation sites is 1.